The van der Waals surface area contributed by atoms with Crippen LogP contribution < -0.4 is 29.2 Å². The number of hydrogen-bond acceptors (Lipinski definition) is 11. The Labute approximate surface area is 419 Å². The van der Waals surface area contributed by atoms with Crippen LogP contribution in [0.4, 0.5) is 15.3 Å². The fourth-order valence-electron chi connectivity index (χ4n) is 10.7. The fraction of sp³-hybridized carbons (Fsp3) is 0.358. The molecule has 2 saturated heterocycles. The number of alkyl carbamates (subject to hydrolysis) is 1. The second-order valence-corrected chi connectivity index (χ2v) is 20.7. The van der Waals surface area contributed by atoms with Crippen LogP contribution in [-0.2, 0) is 9.53 Å². The van der Waals surface area contributed by atoms with Crippen LogP contribution in [0, 0.1) is 0 Å². The van der Waals surface area contributed by atoms with Gasteiger partial charge in [0.15, 0.2) is 11.5 Å². The lowest BCUT2D eigenvalue weighted by Gasteiger charge is -2.48. The van der Waals surface area contributed by atoms with Crippen molar-refractivity contribution < 1.29 is 42.9 Å². The number of ether oxygens (including phenoxy) is 5. The van der Waals surface area contributed by atoms with Gasteiger partial charge < -0.3 is 48.7 Å². The van der Waals surface area contributed by atoms with Gasteiger partial charge in [-0.25, -0.2) is 9.59 Å². The molecule has 0 radical (unpaired) electrons. The quantitative estimate of drug-likeness (QED) is 0.0609. The monoisotopic (exact) mass is 1000 g/mol. The summed E-state index contributed by atoms with van der Waals surface area (Å²) in [6, 6.07) is 29.2. The number of nitrogens with zero attached hydrogens (tertiary/aromatic N) is 3. The average molecular weight is 1000 g/mol. The van der Waals surface area contributed by atoms with Crippen molar-refractivity contribution in [2.45, 2.75) is 49.6 Å². The Hall–Kier alpha value is -6.23. The van der Waals surface area contributed by atoms with Crippen LogP contribution in [-0.4, -0.2) is 122 Å². The number of fused-ring (bicyclic) bond motifs is 8. The highest BCUT2D eigenvalue weighted by molar-refractivity contribution is 8.76. The Morgan fingerprint density at radius 1 is 0.757 bits per heavy atom. The second-order valence-electron chi connectivity index (χ2n) is 17.8. The van der Waals surface area contributed by atoms with Crippen LogP contribution in [0.5, 0.6) is 23.0 Å². The van der Waals surface area contributed by atoms with Crippen molar-refractivity contribution in [1.29, 1.82) is 0 Å². The molecule has 364 valence electrons. The number of benzene rings is 5. The van der Waals surface area contributed by atoms with Gasteiger partial charge in [-0.1, -0.05) is 101 Å². The van der Waals surface area contributed by atoms with E-state index < -0.39 is 12.2 Å². The molecule has 4 amide bonds. The Morgan fingerprint density at radius 3 is 2.13 bits per heavy atom. The topological polar surface area (TPSA) is 152 Å². The summed E-state index contributed by atoms with van der Waals surface area (Å²) in [5.41, 5.74) is 7.14. The number of rotatable bonds is 14. The van der Waals surface area contributed by atoms with Crippen LogP contribution >= 0.6 is 33.2 Å². The predicted molar refractivity (Wildman–Crippen MR) is 276 cm³/mol. The van der Waals surface area contributed by atoms with Crippen molar-refractivity contribution in [2.75, 3.05) is 76.4 Å². The number of hydrogen-bond donors (Lipinski definition) is 2. The molecule has 1 aliphatic carbocycles. The van der Waals surface area contributed by atoms with E-state index in [0.717, 1.165) is 29.2 Å². The molecule has 3 aliphatic heterocycles. The number of carbonyl (C=O) groups excluding carboxylic acids is 4. The van der Waals surface area contributed by atoms with Crippen molar-refractivity contribution in [1.82, 2.24) is 20.1 Å². The number of anilines is 1. The van der Waals surface area contributed by atoms with Crippen LogP contribution in [0.15, 0.2) is 91.0 Å². The molecule has 70 heavy (non-hydrogen) atoms. The summed E-state index contributed by atoms with van der Waals surface area (Å²) in [5.74, 6) is 2.82. The van der Waals surface area contributed by atoms with E-state index in [0.29, 0.717) is 95.8 Å². The van der Waals surface area contributed by atoms with Gasteiger partial charge in [0.25, 0.3) is 5.91 Å². The summed E-state index contributed by atoms with van der Waals surface area (Å²) < 4.78 is 28.9. The first-order valence-corrected chi connectivity index (χ1v) is 26.6. The van der Waals surface area contributed by atoms with E-state index in [4.69, 9.17) is 35.3 Å². The zero-order chi connectivity index (χ0) is 48.5. The molecule has 4 aliphatic rings. The molecule has 1 aromatic heterocycles. The standard InChI is InChI=1S/C53H54ClN5O9S2/c1-64-45-24-31-23-40(56-48(31)50(66-3)49(45)65-2)51(61)59-27-32(26-54)47-38-18-11-10-17-37(38)44(25-41(47)59)68-53(63)58-22-21-57(42-29-69-70-30-43(42)58)46(60)19-5-4-12-20-55-52(62)67-28-39-35-15-8-6-13-33(35)34-14-7-9-16-36(34)39/h6-11,13-18,23-25,32,39,42-43,56H,4-5,12,19-22,26-30H2,1-3H3,(H,55,62)/t32-,42?,43?/m1/s1. The first-order chi connectivity index (χ1) is 34.2. The minimum absolute atomic E-state index is 0.00109. The van der Waals surface area contributed by atoms with Gasteiger partial charge in [-0.2, -0.15) is 0 Å². The lowest BCUT2D eigenvalue weighted by atomic mass is 9.95. The summed E-state index contributed by atoms with van der Waals surface area (Å²) in [5, 5.41) is 5.18. The van der Waals surface area contributed by atoms with Gasteiger partial charge in [0.05, 0.1) is 44.6 Å². The molecule has 5 aromatic carbocycles. The number of amides is 4. The van der Waals surface area contributed by atoms with E-state index in [9.17, 15) is 19.2 Å². The van der Waals surface area contributed by atoms with Gasteiger partial charge >= 0.3 is 12.2 Å². The van der Waals surface area contributed by atoms with E-state index >= 15 is 0 Å². The second kappa shape index (κ2) is 20.6. The predicted octanol–water partition coefficient (Wildman–Crippen LogP) is 10.2. The Morgan fingerprint density at radius 2 is 1.43 bits per heavy atom. The molecule has 10 rings (SSSR count). The number of halogens is 1. The Kier molecular flexibility index (Phi) is 14.0. The van der Waals surface area contributed by atoms with Crippen molar-refractivity contribution >= 4 is 84.6 Å². The zero-order valence-electron chi connectivity index (χ0n) is 39.2. The lowest BCUT2D eigenvalue weighted by Crippen LogP contribution is -2.65. The molecule has 2 unspecified atom stereocenters. The van der Waals surface area contributed by atoms with Crippen molar-refractivity contribution in [3.05, 3.63) is 113 Å². The smallest absolute Gasteiger partial charge is 0.415 e. The Bertz CT molecular complexity index is 2940. The normalized spacial score (nSPS) is 18.2. The third-order valence-electron chi connectivity index (χ3n) is 14.0. The van der Waals surface area contributed by atoms with Gasteiger partial charge in [-0.05, 0) is 58.2 Å². The zero-order valence-corrected chi connectivity index (χ0v) is 41.6. The number of alkyl halides is 1. The van der Waals surface area contributed by atoms with Gasteiger partial charge in [0, 0.05) is 78.7 Å². The average Bonchev–Trinajstić information content (AvgIpc) is 4.10. The summed E-state index contributed by atoms with van der Waals surface area (Å²) in [4.78, 5) is 64.1. The van der Waals surface area contributed by atoms with E-state index in [2.05, 4.69) is 34.6 Å². The van der Waals surface area contributed by atoms with E-state index in [-0.39, 0.29) is 48.2 Å². The largest absolute Gasteiger partial charge is 0.493 e. The molecule has 14 nitrogen and oxygen atoms in total. The molecule has 0 saturated carbocycles. The Balaban J connectivity index is 0.767. The number of nitrogens with one attached hydrogen (secondary N) is 2. The number of carbonyl (C=O) groups is 4. The first-order valence-electron chi connectivity index (χ1n) is 23.6. The molecular weight excluding hydrogens is 950 g/mol. The maximum Gasteiger partial charge on any atom is 0.415 e. The van der Waals surface area contributed by atoms with Crippen LogP contribution in [0.25, 0.3) is 32.8 Å². The summed E-state index contributed by atoms with van der Waals surface area (Å²) in [6.07, 6.45) is 1.60. The molecule has 17 heteroatoms. The van der Waals surface area contributed by atoms with Gasteiger partial charge in [-0.15, -0.1) is 11.6 Å². The number of aromatic nitrogens is 1. The third kappa shape index (κ3) is 8.83. The maximum absolute atomic E-state index is 14.5. The van der Waals surface area contributed by atoms with Gasteiger partial charge in [-0.3, -0.25) is 9.59 Å². The molecule has 0 spiro atoms. The van der Waals surface area contributed by atoms with Crippen LogP contribution in [0.1, 0.15) is 64.7 Å². The highest BCUT2D eigenvalue weighted by atomic mass is 35.5. The summed E-state index contributed by atoms with van der Waals surface area (Å²) in [6.45, 7) is 1.75. The maximum atomic E-state index is 14.5. The van der Waals surface area contributed by atoms with E-state index in [1.165, 1.54) is 36.5 Å². The van der Waals surface area contributed by atoms with Gasteiger partial charge in [0.2, 0.25) is 11.7 Å². The van der Waals surface area contributed by atoms with Crippen molar-refractivity contribution in [2.24, 2.45) is 0 Å². The number of aromatic amines is 1. The minimum atomic E-state index is -0.501. The van der Waals surface area contributed by atoms with Crippen LogP contribution in [0.3, 0.4) is 0 Å². The first kappa shape index (κ1) is 47.4. The van der Waals surface area contributed by atoms with Gasteiger partial charge in [0.1, 0.15) is 18.1 Å². The highest BCUT2D eigenvalue weighted by Gasteiger charge is 2.44. The molecular formula is C53H54ClN5O9S2. The SMILES string of the molecule is COc1cc2cc(C(=O)N3C[C@@H](CCl)c4c3cc(OC(=O)N3CCN(C(=O)CCCCCNC(=O)OCC5c6ccccc6-c6ccccc65)C5CSSCC53)c3ccccc43)[nH]c2c(OC)c1OC. The third-order valence-corrected chi connectivity index (χ3v) is 16.8. The molecule has 2 fully saturated rings. The molecule has 3 atom stereocenters. The molecule has 6 aromatic rings. The molecule has 4 heterocycles. The minimum Gasteiger partial charge on any atom is -0.493 e. The number of H-pyrrole nitrogens is 1. The molecule has 2 N–H and O–H groups in total. The van der Waals surface area contributed by atoms with Crippen molar-refractivity contribution in [3.63, 3.8) is 0 Å². The number of methoxy groups -OCH3 is 3. The number of unbranched alkanes of at least 4 members (excludes halogenated alkanes) is 2. The fourth-order valence-corrected chi connectivity index (χ4v) is 13.6. The van der Waals surface area contributed by atoms with E-state index in [1.807, 2.05) is 53.4 Å². The molecule has 0 bridgehead atoms. The summed E-state index contributed by atoms with van der Waals surface area (Å²) in [7, 11) is 8.00. The summed E-state index contributed by atoms with van der Waals surface area (Å²) >= 11 is 6.62. The van der Waals surface area contributed by atoms with Crippen LogP contribution in [0.2, 0.25) is 0 Å². The van der Waals surface area contributed by atoms with E-state index in [1.54, 1.807) is 56.7 Å². The number of piperazine rings is 1. The highest BCUT2D eigenvalue weighted by Crippen LogP contribution is 2.48. The lowest BCUT2D eigenvalue weighted by molar-refractivity contribution is -0.136. The van der Waals surface area contributed by atoms with Crippen molar-refractivity contribution in [3.8, 4) is 34.1 Å².